The van der Waals surface area contributed by atoms with Crippen LogP contribution in [0.25, 0.3) is 0 Å². The molecule has 2 N–H and O–H groups in total. The predicted octanol–water partition coefficient (Wildman–Crippen LogP) is 1.22. The van der Waals surface area contributed by atoms with E-state index >= 15 is 0 Å². The van der Waals surface area contributed by atoms with Crippen LogP contribution < -0.4 is 5.32 Å². The average Bonchev–Trinajstić information content (AvgIpc) is 2.87. The first-order chi connectivity index (χ1) is 9.87. The van der Waals surface area contributed by atoms with Crippen LogP contribution >= 0.6 is 11.6 Å². The van der Waals surface area contributed by atoms with Gasteiger partial charge in [-0.2, -0.15) is 0 Å². The first-order valence-electron chi connectivity index (χ1n) is 5.94. The van der Waals surface area contributed by atoms with Gasteiger partial charge < -0.3 is 15.2 Å². The van der Waals surface area contributed by atoms with Crippen molar-refractivity contribution in [2.75, 3.05) is 13.2 Å². The number of nitrogens with one attached hydrogen (secondary N) is 1. The molecule has 1 aromatic rings. The number of ether oxygens (including phenoxy) is 1. The summed E-state index contributed by atoms with van der Waals surface area (Å²) in [6.07, 6.45) is 0.0757. The molecule has 1 saturated heterocycles. The van der Waals surface area contributed by atoms with Gasteiger partial charge in [0.15, 0.2) is 5.54 Å². The average molecular weight is 315 g/mol. The largest absolute Gasteiger partial charge is 0.479 e. The molecule has 9 heteroatoms. The fraction of sp³-hybridized carbons (Fsp3) is 0.333. The molecule has 0 aliphatic carbocycles. The van der Waals surface area contributed by atoms with Crippen LogP contribution in [0.4, 0.5) is 5.69 Å². The van der Waals surface area contributed by atoms with Crippen molar-refractivity contribution in [1.82, 2.24) is 5.32 Å². The second kappa shape index (κ2) is 5.66. The Morgan fingerprint density at radius 3 is 2.71 bits per heavy atom. The molecule has 1 aliphatic rings. The summed E-state index contributed by atoms with van der Waals surface area (Å²) in [5.41, 5.74) is -2.44. The van der Waals surface area contributed by atoms with Gasteiger partial charge in [0.25, 0.3) is 11.6 Å². The van der Waals surface area contributed by atoms with Crippen molar-refractivity contribution in [2.45, 2.75) is 12.0 Å². The summed E-state index contributed by atoms with van der Waals surface area (Å²) >= 11 is 5.83. The highest BCUT2D eigenvalue weighted by molar-refractivity contribution is 6.34. The first-order valence-corrected chi connectivity index (χ1v) is 6.32. The monoisotopic (exact) mass is 314 g/mol. The molecular weight excluding hydrogens is 304 g/mol. The Morgan fingerprint density at radius 2 is 2.19 bits per heavy atom. The van der Waals surface area contributed by atoms with E-state index in [1.54, 1.807) is 0 Å². The zero-order valence-corrected chi connectivity index (χ0v) is 11.4. The van der Waals surface area contributed by atoms with Crippen molar-refractivity contribution in [1.29, 1.82) is 0 Å². The van der Waals surface area contributed by atoms with Gasteiger partial charge in [-0.1, -0.05) is 17.7 Å². The van der Waals surface area contributed by atoms with Gasteiger partial charge in [-0.15, -0.1) is 0 Å². The van der Waals surface area contributed by atoms with Crippen LogP contribution in [-0.4, -0.2) is 40.7 Å². The van der Waals surface area contributed by atoms with Crippen LogP contribution in [0.5, 0.6) is 0 Å². The normalized spacial score (nSPS) is 21.0. The summed E-state index contributed by atoms with van der Waals surface area (Å²) in [7, 11) is 0. The molecule has 0 spiro atoms. The molecule has 0 radical (unpaired) electrons. The van der Waals surface area contributed by atoms with Gasteiger partial charge in [0, 0.05) is 19.1 Å². The molecule has 1 amide bonds. The number of aliphatic carboxylic acids is 1. The lowest BCUT2D eigenvalue weighted by Gasteiger charge is -2.23. The van der Waals surface area contributed by atoms with Crippen LogP contribution in [0.1, 0.15) is 16.8 Å². The van der Waals surface area contributed by atoms with E-state index in [1.165, 1.54) is 12.1 Å². The number of benzene rings is 1. The number of nitro groups is 1. The minimum atomic E-state index is -1.59. The summed E-state index contributed by atoms with van der Waals surface area (Å²) in [5.74, 6) is -2.18. The van der Waals surface area contributed by atoms with E-state index in [1.807, 2.05) is 0 Å². The summed E-state index contributed by atoms with van der Waals surface area (Å²) < 4.78 is 5.00. The lowest BCUT2D eigenvalue weighted by molar-refractivity contribution is -0.385. The molecule has 21 heavy (non-hydrogen) atoms. The third kappa shape index (κ3) is 2.81. The van der Waals surface area contributed by atoms with Crippen molar-refractivity contribution in [3.05, 3.63) is 38.9 Å². The Labute approximate surface area is 123 Å². The van der Waals surface area contributed by atoms with Crippen LogP contribution in [0.15, 0.2) is 18.2 Å². The quantitative estimate of drug-likeness (QED) is 0.637. The van der Waals surface area contributed by atoms with Gasteiger partial charge in [0.05, 0.1) is 16.6 Å². The number of hydrogen-bond acceptors (Lipinski definition) is 5. The maximum atomic E-state index is 12.2. The van der Waals surface area contributed by atoms with Gasteiger partial charge in [-0.05, 0) is 6.07 Å². The molecule has 1 unspecified atom stereocenters. The molecule has 2 rings (SSSR count). The summed E-state index contributed by atoms with van der Waals surface area (Å²) in [6.45, 7) is -0.0243. The lowest BCUT2D eigenvalue weighted by atomic mass is 9.98. The molecule has 1 atom stereocenters. The van der Waals surface area contributed by atoms with Gasteiger partial charge in [0.1, 0.15) is 5.56 Å². The molecule has 112 valence electrons. The number of nitro benzene ring substituents is 1. The number of carboxylic acids is 1. The second-order valence-electron chi connectivity index (χ2n) is 4.54. The summed E-state index contributed by atoms with van der Waals surface area (Å²) in [4.78, 5) is 33.8. The fourth-order valence-corrected chi connectivity index (χ4v) is 2.31. The third-order valence-electron chi connectivity index (χ3n) is 3.20. The van der Waals surface area contributed by atoms with E-state index in [0.717, 1.165) is 6.07 Å². The number of carboxylic acid groups (broad SMARTS) is 1. The van der Waals surface area contributed by atoms with Gasteiger partial charge >= 0.3 is 5.97 Å². The SMILES string of the molecule is O=C(NC1(C(=O)O)CCOC1)c1c(Cl)cccc1[N+](=O)[O-]. The van der Waals surface area contributed by atoms with Crippen LogP contribution in [0, 0.1) is 10.1 Å². The number of nitrogens with zero attached hydrogens (tertiary/aromatic N) is 1. The smallest absolute Gasteiger partial charge is 0.331 e. The van der Waals surface area contributed by atoms with E-state index < -0.39 is 28.0 Å². The number of halogens is 1. The number of amides is 1. The molecule has 0 saturated carbocycles. The maximum absolute atomic E-state index is 12.2. The number of carbonyl (C=O) groups is 2. The van der Waals surface area contributed by atoms with E-state index in [9.17, 15) is 24.8 Å². The van der Waals surface area contributed by atoms with E-state index in [0.29, 0.717) is 0 Å². The highest BCUT2D eigenvalue weighted by Crippen LogP contribution is 2.28. The Hall–Kier alpha value is -2.19. The van der Waals surface area contributed by atoms with Crippen LogP contribution in [0.3, 0.4) is 0 Å². The Kier molecular flexibility index (Phi) is 4.10. The third-order valence-corrected chi connectivity index (χ3v) is 3.51. The van der Waals surface area contributed by atoms with Crippen LogP contribution in [-0.2, 0) is 9.53 Å². The topological polar surface area (TPSA) is 119 Å². The van der Waals surface area contributed by atoms with Gasteiger partial charge in [-0.3, -0.25) is 14.9 Å². The molecule has 8 nitrogen and oxygen atoms in total. The Balaban J connectivity index is 2.37. The van der Waals surface area contributed by atoms with Crippen molar-refractivity contribution in [3.63, 3.8) is 0 Å². The molecular formula is C12H11ClN2O6. The number of hydrogen-bond donors (Lipinski definition) is 2. The Morgan fingerprint density at radius 1 is 1.48 bits per heavy atom. The fourth-order valence-electron chi connectivity index (χ4n) is 2.06. The molecule has 1 heterocycles. The standard InChI is InChI=1S/C12H11ClN2O6/c13-7-2-1-3-8(15(19)20)9(7)10(16)14-12(11(17)18)4-5-21-6-12/h1-3H,4-6H2,(H,14,16)(H,17,18). The summed E-state index contributed by atoms with van der Waals surface area (Å²) in [6, 6.07) is 3.78. The predicted molar refractivity (Wildman–Crippen MR) is 71.4 cm³/mol. The maximum Gasteiger partial charge on any atom is 0.331 e. The molecule has 1 aliphatic heterocycles. The van der Waals surface area contributed by atoms with Crippen LogP contribution in [0.2, 0.25) is 5.02 Å². The molecule has 1 aromatic carbocycles. The lowest BCUT2D eigenvalue weighted by Crippen LogP contribution is -2.55. The number of carbonyl (C=O) groups excluding carboxylic acids is 1. The zero-order chi connectivity index (χ0) is 15.6. The van der Waals surface area contributed by atoms with Gasteiger partial charge in [0.2, 0.25) is 0 Å². The van der Waals surface area contributed by atoms with E-state index in [-0.39, 0.29) is 30.2 Å². The highest BCUT2D eigenvalue weighted by atomic mass is 35.5. The summed E-state index contributed by atoms with van der Waals surface area (Å²) in [5, 5.41) is 22.4. The Bertz CT molecular complexity index is 612. The first kappa shape index (κ1) is 15.2. The highest BCUT2D eigenvalue weighted by Gasteiger charge is 2.45. The van der Waals surface area contributed by atoms with E-state index in [2.05, 4.69) is 5.32 Å². The molecule has 1 fully saturated rings. The van der Waals surface area contributed by atoms with Gasteiger partial charge in [-0.25, -0.2) is 4.79 Å². The van der Waals surface area contributed by atoms with E-state index in [4.69, 9.17) is 16.3 Å². The molecule has 0 bridgehead atoms. The van der Waals surface area contributed by atoms with Crippen molar-refractivity contribution in [2.24, 2.45) is 0 Å². The second-order valence-corrected chi connectivity index (χ2v) is 4.94. The van der Waals surface area contributed by atoms with Crippen molar-refractivity contribution in [3.8, 4) is 0 Å². The minimum absolute atomic E-state index is 0.0757. The minimum Gasteiger partial charge on any atom is -0.479 e. The zero-order valence-electron chi connectivity index (χ0n) is 10.7. The van der Waals surface area contributed by atoms with Crippen molar-refractivity contribution < 1.29 is 24.4 Å². The molecule has 0 aromatic heterocycles. The number of rotatable bonds is 4. The van der Waals surface area contributed by atoms with Crippen molar-refractivity contribution >= 4 is 29.2 Å².